The number of carbonyl (C=O) groups excluding carboxylic acids is 1. The second kappa shape index (κ2) is 11.3. The van der Waals surface area contributed by atoms with E-state index in [1.165, 1.54) is 19.1 Å². The van der Waals surface area contributed by atoms with E-state index in [0.717, 1.165) is 22.4 Å². The summed E-state index contributed by atoms with van der Waals surface area (Å²) in [6, 6.07) is 35.8. The third-order valence-electron chi connectivity index (χ3n) is 6.76. The van der Waals surface area contributed by atoms with Crippen molar-refractivity contribution in [3.05, 3.63) is 155 Å². The van der Waals surface area contributed by atoms with E-state index in [-0.39, 0.29) is 11.3 Å². The molecule has 1 heterocycles. The lowest BCUT2D eigenvalue weighted by molar-refractivity contribution is 0.101. The molecule has 0 aliphatic heterocycles. The number of nitrogens with zero attached hydrogens (tertiary/aromatic N) is 2. The van der Waals surface area contributed by atoms with E-state index in [1.54, 1.807) is 6.07 Å². The van der Waals surface area contributed by atoms with Gasteiger partial charge in [0, 0.05) is 12.3 Å². The van der Waals surface area contributed by atoms with Crippen LogP contribution in [0.15, 0.2) is 122 Å². The van der Waals surface area contributed by atoms with Gasteiger partial charge in [-0.3, -0.25) is 4.79 Å². The van der Waals surface area contributed by atoms with Gasteiger partial charge >= 0.3 is 0 Å². The first-order valence-electron chi connectivity index (χ1n) is 12.7. The zero-order valence-corrected chi connectivity index (χ0v) is 21.3. The summed E-state index contributed by atoms with van der Waals surface area (Å²) in [5, 5.41) is 0. The zero-order chi connectivity index (χ0) is 26.4. The van der Waals surface area contributed by atoms with Gasteiger partial charge in [0.05, 0.1) is 24.2 Å². The molecule has 0 amide bonds. The van der Waals surface area contributed by atoms with Crippen LogP contribution in [0.25, 0.3) is 0 Å². The molecular weight excluding hydrogens is 475 g/mol. The van der Waals surface area contributed by atoms with Gasteiger partial charge in [-0.15, -0.1) is 0 Å². The van der Waals surface area contributed by atoms with Gasteiger partial charge in [-0.25, -0.2) is 9.37 Å². The number of rotatable bonds is 10. The maximum Gasteiger partial charge on any atom is 0.162 e. The number of ether oxygens (including phenoxy) is 1. The molecule has 4 aromatic carbocycles. The minimum atomic E-state index is -0.596. The number of hydrogen-bond donors (Lipinski definition) is 0. The van der Waals surface area contributed by atoms with Crippen molar-refractivity contribution in [1.29, 1.82) is 0 Å². The number of benzene rings is 4. The fourth-order valence-corrected chi connectivity index (χ4v) is 4.98. The molecule has 38 heavy (non-hydrogen) atoms. The Bertz CT molecular complexity index is 1400. The van der Waals surface area contributed by atoms with Crippen molar-refractivity contribution in [2.24, 2.45) is 0 Å². The molecule has 0 spiro atoms. The molecule has 0 aliphatic carbocycles. The van der Waals surface area contributed by atoms with E-state index >= 15 is 0 Å². The first-order valence-corrected chi connectivity index (χ1v) is 12.7. The lowest BCUT2D eigenvalue weighted by Crippen LogP contribution is -2.36. The van der Waals surface area contributed by atoms with Crippen molar-refractivity contribution in [1.82, 2.24) is 9.55 Å². The number of carbonyl (C=O) groups is 1. The van der Waals surface area contributed by atoms with E-state index < -0.39 is 11.4 Å². The third kappa shape index (κ3) is 5.00. The Morgan fingerprint density at radius 3 is 1.89 bits per heavy atom. The highest BCUT2D eigenvalue weighted by atomic mass is 19.1. The van der Waals surface area contributed by atoms with Crippen LogP contribution in [0.1, 0.15) is 46.1 Å². The van der Waals surface area contributed by atoms with Crippen molar-refractivity contribution in [3.63, 3.8) is 0 Å². The van der Waals surface area contributed by atoms with Crippen molar-refractivity contribution >= 4 is 5.78 Å². The Morgan fingerprint density at radius 1 is 0.842 bits per heavy atom. The van der Waals surface area contributed by atoms with Crippen molar-refractivity contribution in [2.75, 3.05) is 6.61 Å². The summed E-state index contributed by atoms with van der Waals surface area (Å²) in [6.45, 7) is 1.76. The monoisotopic (exact) mass is 504 g/mol. The summed E-state index contributed by atoms with van der Waals surface area (Å²) in [5.41, 5.74) is 3.84. The Labute approximate surface area is 222 Å². The fraction of sp³-hybridized carbons (Fsp3) is 0.152. The second-order valence-corrected chi connectivity index (χ2v) is 9.23. The summed E-state index contributed by atoms with van der Waals surface area (Å²) in [6.07, 6.45) is 5.42. The van der Waals surface area contributed by atoms with Crippen LogP contribution in [0, 0.1) is 5.82 Å². The Morgan fingerprint density at radius 2 is 1.39 bits per heavy atom. The van der Waals surface area contributed by atoms with Crippen molar-refractivity contribution in [2.45, 2.75) is 25.3 Å². The summed E-state index contributed by atoms with van der Waals surface area (Å²) in [4.78, 5) is 16.2. The van der Waals surface area contributed by atoms with Gasteiger partial charge in [0.15, 0.2) is 5.78 Å². The molecule has 5 heteroatoms. The molecule has 0 saturated carbocycles. The molecule has 1 aromatic heterocycles. The molecular formula is C33H29FN2O2. The molecule has 0 unspecified atom stereocenters. The molecule has 0 bridgehead atoms. The van der Waals surface area contributed by atoms with Gasteiger partial charge in [-0.1, -0.05) is 91.0 Å². The summed E-state index contributed by atoms with van der Waals surface area (Å²) < 4.78 is 22.0. The van der Waals surface area contributed by atoms with Crippen LogP contribution in [-0.4, -0.2) is 21.9 Å². The molecule has 0 fully saturated rings. The van der Waals surface area contributed by atoms with Crippen LogP contribution in [0.5, 0.6) is 5.75 Å². The Kier molecular flexibility index (Phi) is 7.45. The van der Waals surface area contributed by atoms with Crippen LogP contribution in [-0.2, 0) is 12.0 Å². The summed E-state index contributed by atoms with van der Waals surface area (Å²) in [5.74, 6) is -0.454. The molecule has 5 aromatic rings. The van der Waals surface area contributed by atoms with Crippen LogP contribution >= 0.6 is 0 Å². The minimum Gasteiger partial charge on any atom is -0.493 e. The number of ketones is 1. The molecule has 4 nitrogen and oxygen atoms in total. The van der Waals surface area contributed by atoms with Crippen LogP contribution < -0.4 is 4.74 Å². The van der Waals surface area contributed by atoms with E-state index in [2.05, 4.69) is 83.6 Å². The zero-order valence-electron chi connectivity index (χ0n) is 21.3. The largest absolute Gasteiger partial charge is 0.493 e. The van der Waals surface area contributed by atoms with Gasteiger partial charge in [0.1, 0.15) is 17.1 Å². The van der Waals surface area contributed by atoms with E-state index in [4.69, 9.17) is 9.72 Å². The molecule has 0 radical (unpaired) electrons. The van der Waals surface area contributed by atoms with E-state index in [9.17, 15) is 9.18 Å². The molecule has 0 saturated heterocycles. The SMILES string of the molecule is CC(=O)c1ccc(OCCCc2cn(C(c3ccccc3)(c3ccccc3)c3ccccc3)cn2)cc1F. The summed E-state index contributed by atoms with van der Waals surface area (Å²) in [7, 11) is 0. The predicted molar refractivity (Wildman–Crippen MR) is 147 cm³/mol. The Balaban J connectivity index is 1.41. The Hall–Kier alpha value is -4.51. The number of aryl methyl sites for hydroxylation is 1. The number of aromatic nitrogens is 2. The third-order valence-corrected chi connectivity index (χ3v) is 6.76. The first kappa shape index (κ1) is 25.2. The smallest absolute Gasteiger partial charge is 0.162 e. The molecule has 5 rings (SSSR count). The number of Topliss-reactive ketones (excluding diaryl/α,β-unsaturated/α-hetero) is 1. The average Bonchev–Trinajstić information content (AvgIpc) is 3.42. The van der Waals surface area contributed by atoms with Crippen molar-refractivity contribution < 1.29 is 13.9 Å². The van der Waals surface area contributed by atoms with E-state index in [1.807, 2.05) is 24.5 Å². The van der Waals surface area contributed by atoms with Crippen molar-refractivity contribution in [3.8, 4) is 5.75 Å². The van der Waals surface area contributed by atoms with Crippen LogP contribution in [0.2, 0.25) is 0 Å². The maximum absolute atomic E-state index is 14.1. The number of halogens is 1. The number of imidazole rings is 1. The highest BCUT2D eigenvalue weighted by molar-refractivity contribution is 5.94. The number of hydrogen-bond acceptors (Lipinski definition) is 3. The lowest BCUT2D eigenvalue weighted by atomic mass is 9.77. The minimum absolute atomic E-state index is 0.0709. The molecule has 190 valence electrons. The van der Waals surface area contributed by atoms with Gasteiger partial charge < -0.3 is 9.30 Å². The predicted octanol–water partition coefficient (Wildman–Crippen LogP) is 7.08. The fourth-order valence-electron chi connectivity index (χ4n) is 4.98. The maximum atomic E-state index is 14.1. The van der Waals surface area contributed by atoms with Gasteiger partial charge in [-0.2, -0.15) is 0 Å². The van der Waals surface area contributed by atoms with E-state index in [0.29, 0.717) is 25.2 Å². The summed E-state index contributed by atoms with van der Waals surface area (Å²) >= 11 is 0. The van der Waals surface area contributed by atoms with Gasteiger partial charge in [0.2, 0.25) is 0 Å². The van der Waals surface area contributed by atoms with Crippen LogP contribution in [0.4, 0.5) is 4.39 Å². The van der Waals surface area contributed by atoms with Crippen LogP contribution in [0.3, 0.4) is 0 Å². The highest BCUT2D eigenvalue weighted by Crippen LogP contribution is 2.40. The first-order chi connectivity index (χ1) is 18.6. The standard InChI is InChI=1S/C33H29FN2O2/c1-25(37)31-20-19-30(22-32(31)34)38-21-11-18-29-23-36(24-35-29)33(26-12-5-2-6-13-26,27-14-7-3-8-15-27)28-16-9-4-10-17-28/h2-10,12-17,19-20,22-24H,11,18,21H2,1H3. The highest BCUT2D eigenvalue weighted by Gasteiger charge is 2.38. The second-order valence-electron chi connectivity index (χ2n) is 9.23. The normalized spacial score (nSPS) is 11.3. The molecule has 0 N–H and O–H groups in total. The quantitative estimate of drug-likeness (QED) is 0.116. The lowest BCUT2D eigenvalue weighted by Gasteiger charge is -2.37. The molecule has 0 aliphatic rings. The van der Waals surface area contributed by atoms with Gasteiger partial charge in [-0.05, 0) is 48.6 Å². The average molecular weight is 505 g/mol. The topological polar surface area (TPSA) is 44.1 Å². The van der Waals surface area contributed by atoms with Gasteiger partial charge in [0.25, 0.3) is 0 Å². The molecule has 0 atom stereocenters.